The lowest BCUT2D eigenvalue weighted by atomic mass is 10.2. The molecule has 0 saturated heterocycles. The van der Waals surface area contributed by atoms with Crippen LogP contribution >= 0.6 is 0 Å². The number of carbonyl (C=O) groups is 1. The Balaban J connectivity index is 2.98. The van der Waals surface area contributed by atoms with Crippen LogP contribution in [0.5, 0.6) is 11.5 Å². The van der Waals surface area contributed by atoms with Crippen LogP contribution in [0.4, 0.5) is 0 Å². The Kier molecular flexibility index (Phi) is 3.69. The summed E-state index contributed by atoms with van der Waals surface area (Å²) in [6.07, 6.45) is 0.0826. The van der Waals surface area contributed by atoms with Crippen LogP contribution in [0.15, 0.2) is 18.2 Å². The number of aldehydes is 1. The SMILES string of the molecule is COc1ccc(OC(C)C#N)c(C=O)c1. The van der Waals surface area contributed by atoms with E-state index in [0.717, 1.165) is 0 Å². The number of carbonyl (C=O) groups excluding carboxylic acids is 1. The van der Waals surface area contributed by atoms with Crippen LogP contribution in [-0.2, 0) is 0 Å². The van der Waals surface area contributed by atoms with Crippen molar-refractivity contribution in [2.75, 3.05) is 7.11 Å². The van der Waals surface area contributed by atoms with Crippen molar-refractivity contribution in [1.29, 1.82) is 5.26 Å². The molecule has 0 aromatic heterocycles. The summed E-state index contributed by atoms with van der Waals surface area (Å²) in [5.41, 5.74) is 0.372. The molecule has 0 aliphatic rings. The second-order valence-electron chi connectivity index (χ2n) is 2.91. The Bertz CT molecular complexity index is 395. The van der Waals surface area contributed by atoms with Crippen molar-refractivity contribution in [3.63, 3.8) is 0 Å². The summed E-state index contributed by atoms with van der Waals surface area (Å²) in [7, 11) is 1.52. The lowest BCUT2D eigenvalue weighted by Crippen LogP contribution is -2.09. The van der Waals surface area contributed by atoms with E-state index in [1.54, 1.807) is 25.1 Å². The summed E-state index contributed by atoms with van der Waals surface area (Å²) in [6.45, 7) is 1.61. The predicted molar refractivity (Wildman–Crippen MR) is 54.1 cm³/mol. The van der Waals surface area contributed by atoms with Crippen molar-refractivity contribution in [3.8, 4) is 17.6 Å². The first-order valence-corrected chi connectivity index (χ1v) is 4.40. The van der Waals surface area contributed by atoms with E-state index < -0.39 is 6.10 Å². The van der Waals surface area contributed by atoms with Gasteiger partial charge in [0.05, 0.1) is 12.7 Å². The van der Waals surface area contributed by atoms with Crippen LogP contribution in [0.1, 0.15) is 17.3 Å². The van der Waals surface area contributed by atoms with Gasteiger partial charge in [-0.1, -0.05) is 0 Å². The highest BCUT2D eigenvalue weighted by Gasteiger charge is 2.08. The van der Waals surface area contributed by atoms with E-state index in [1.807, 2.05) is 6.07 Å². The van der Waals surface area contributed by atoms with Gasteiger partial charge < -0.3 is 9.47 Å². The minimum Gasteiger partial charge on any atom is -0.497 e. The third kappa shape index (κ3) is 2.71. The van der Waals surface area contributed by atoms with Gasteiger partial charge in [-0.15, -0.1) is 0 Å². The third-order valence-corrected chi connectivity index (χ3v) is 1.83. The Hall–Kier alpha value is -2.02. The summed E-state index contributed by atoms with van der Waals surface area (Å²) in [6, 6.07) is 6.77. The summed E-state index contributed by atoms with van der Waals surface area (Å²) in [4.78, 5) is 10.7. The van der Waals surface area contributed by atoms with Gasteiger partial charge in [-0.25, -0.2) is 0 Å². The van der Waals surface area contributed by atoms with E-state index >= 15 is 0 Å². The predicted octanol–water partition coefficient (Wildman–Crippen LogP) is 1.80. The van der Waals surface area contributed by atoms with Gasteiger partial charge in [-0.3, -0.25) is 4.79 Å². The van der Waals surface area contributed by atoms with Crippen molar-refractivity contribution < 1.29 is 14.3 Å². The molecule has 0 aliphatic heterocycles. The maximum atomic E-state index is 10.7. The van der Waals surface area contributed by atoms with Crippen molar-refractivity contribution in [3.05, 3.63) is 23.8 Å². The number of ether oxygens (including phenoxy) is 2. The average molecular weight is 205 g/mol. The summed E-state index contributed by atoms with van der Waals surface area (Å²) >= 11 is 0. The van der Waals surface area contributed by atoms with E-state index in [9.17, 15) is 4.79 Å². The van der Waals surface area contributed by atoms with Gasteiger partial charge in [-0.05, 0) is 25.1 Å². The minimum absolute atomic E-state index is 0.372. The molecule has 1 unspecified atom stereocenters. The molecule has 0 saturated carbocycles. The first-order valence-electron chi connectivity index (χ1n) is 4.40. The summed E-state index contributed by atoms with van der Waals surface area (Å²) < 4.78 is 10.2. The smallest absolute Gasteiger partial charge is 0.181 e. The van der Waals surface area contributed by atoms with Crippen molar-refractivity contribution in [1.82, 2.24) is 0 Å². The molecule has 1 rings (SSSR count). The van der Waals surface area contributed by atoms with Crippen LogP contribution < -0.4 is 9.47 Å². The second-order valence-corrected chi connectivity index (χ2v) is 2.91. The van der Waals surface area contributed by atoms with Crippen LogP contribution in [0, 0.1) is 11.3 Å². The lowest BCUT2D eigenvalue weighted by molar-refractivity contribution is 0.111. The van der Waals surface area contributed by atoms with E-state index in [2.05, 4.69) is 0 Å². The normalized spacial score (nSPS) is 11.3. The zero-order chi connectivity index (χ0) is 11.3. The number of benzene rings is 1. The molecule has 1 aromatic rings. The average Bonchev–Trinajstić information content (AvgIpc) is 2.29. The zero-order valence-electron chi connectivity index (χ0n) is 8.56. The quantitative estimate of drug-likeness (QED) is 0.703. The fourth-order valence-corrected chi connectivity index (χ4v) is 1.07. The lowest BCUT2D eigenvalue weighted by Gasteiger charge is -2.10. The molecule has 0 N–H and O–H groups in total. The molecular formula is C11H11NO3. The van der Waals surface area contributed by atoms with Gasteiger partial charge in [0.2, 0.25) is 0 Å². The second kappa shape index (κ2) is 5.01. The molecule has 1 aromatic carbocycles. The molecule has 0 fully saturated rings. The Morgan fingerprint density at radius 3 is 2.80 bits per heavy atom. The monoisotopic (exact) mass is 205 g/mol. The van der Waals surface area contributed by atoms with Gasteiger partial charge >= 0.3 is 0 Å². The first-order chi connectivity index (χ1) is 7.21. The number of rotatable bonds is 4. The molecule has 0 aliphatic carbocycles. The maximum absolute atomic E-state index is 10.7. The van der Waals surface area contributed by atoms with E-state index in [-0.39, 0.29) is 0 Å². The topological polar surface area (TPSA) is 59.3 Å². The largest absolute Gasteiger partial charge is 0.497 e. The number of hydrogen-bond acceptors (Lipinski definition) is 4. The maximum Gasteiger partial charge on any atom is 0.181 e. The van der Waals surface area contributed by atoms with Crippen molar-refractivity contribution in [2.24, 2.45) is 0 Å². The van der Waals surface area contributed by atoms with Gasteiger partial charge in [0.1, 0.15) is 17.6 Å². The summed E-state index contributed by atoms with van der Waals surface area (Å²) in [5.74, 6) is 0.967. The Morgan fingerprint density at radius 2 is 2.27 bits per heavy atom. The van der Waals surface area contributed by atoms with Crippen LogP contribution in [-0.4, -0.2) is 19.5 Å². The molecule has 0 heterocycles. The molecule has 0 bridgehead atoms. The van der Waals surface area contributed by atoms with Gasteiger partial charge in [0, 0.05) is 0 Å². The highest BCUT2D eigenvalue weighted by atomic mass is 16.5. The van der Waals surface area contributed by atoms with Crippen LogP contribution in [0.2, 0.25) is 0 Å². The molecule has 4 nitrogen and oxygen atoms in total. The molecule has 1 atom stereocenters. The van der Waals surface area contributed by atoms with Crippen LogP contribution in [0.3, 0.4) is 0 Å². The zero-order valence-corrected chi connectivity index (χ0v) is 8.56. The molecule has 4 heteroatoms. The van der Waals surface area contributed by atoms with E-state index in [0.29, 0.717) is 23.3 Å². The number of methoxy groups -OCH3 is 1. The Morgan fingerprint density at radius 1 is 1.53 bits per heavy atom. The third-order valence-electron chi connectivity index (χ3n) is 1.83. The molecule has 15 heavy (non-hydrogen) atoms. The van der Waals surface area contributed by atoms with E-state index in [4.69, 9.17) is 14.7 Å². The van der Waals surface area contributed by atoms with Crippen molar-refractivity contribution >= 4 is 6.29 Å². The van der Waals surface area contributed by atoms with Gasteiger partial charge in [-0.2, -0.15) is 5.26 Å². The van der Waals surface area contributed by atoms with E-state index in [1.165, 1.54) is 7.11 Å². The van der Waals surface area contributed by atoms with Crippen LogP contribution in [0.25, 0.3) is 0 Å². The fourth-order valence-electron chi connectivity index (χ4n) is 1.07. The van der Waals surface area contributed by atoms with Gasteiger partial charge in [0.15, 0.2) is 12.4 Å². The number of nitrogens with zero attached hydrogens (tertiary/aromatic N) is 1. The number of hydrogen-bond donors (Lipinski definition) is 0. The summed E-state index contributed by atoms with van der Waals surface area (Å²) in [5, 5.41) is 8.57. The highest BCUT2D eigenvalue weighted by Crippen LogP contribution is 2.23. The minimum atomic E-state index is -0.586. The fraction of sp³-hybridized carbons (Fsp3) is 0.273. The number of nitriles is 1. The van der Waals surface area contributed by atoms with Crippen molar-refractivity contribution in [2.45, 2.75) is 13.0 Å². The Labute approximate surface area is 88.0 Å². The molecule has 0 amide bonds. The standard InChI is InChI=1S/C11H11NO3/c1-8(6-12)15-11-4-3-10(14-2)5-9(11)7-13/h3-5,7-8H,1-2H3. The molecule has 0 spiro atoms. The highest BCUT2D eigenvalue weighted by molar-refractivity contribution is 5.80. The van der Waals surface area contributed by atoms with Gasteiger partial charge in [0.25, 0.3) is 0 Å². The first kappa shape index (κ1) is 11.1. The molecule has 78 valence electrons. The molecular weight excluding hydrogens is 194 g/mol. The molecule has 0 radical (unpaired) electrons.